The molecule has 1 unspecified atom stereocenters. The molecule has 140 valence electrons. The van der Waals surface area contributed by atoms with E-state index in [0.29, 0.717) is 0 Å². The summed E-state index contributed by atoms with van der Waals surface area (Å²) in [6.07, 6.45) is -1.79. The number of rotatable bonds is 9. The van der Waals surface area contributed by atoms with Crippen LogP contribution in [0.15, 0.2) is 4.52 Å². The highest BCUT2D eigenvalue weighted by atomic mass is 16.5. The van der Waals surface area contributed by atoms with Crippen LogP contribution in [0.5, 0.6) is 0 Å². The predicted octanol–water partition coefficient (Wildman–Crippen LogP) is -2.89. The molecule has 0 aromatic carbocycles. The number of carbonyl (C=O) groups excluding carboxylic acids is 2. The van der Waals surface area contributed by atoms with Crippen LogP contribution in [0.25, 0.3) is 0 Å². The number of nitrogens with zero attached hydrogens (tertiary/aromatic N) is 2. The van der Waals surface area contributed by atoms with Crippen molar-refractivity contribution in [1.29, 1.82) is 0 Å². The molecule has 4 atom stereocenters. The van der Waals surface area contributed by atoms with E-state index < -0.39 is 55.2 Å². The van der Waals surface area contributed by atoms with Crippen LogP contribution in [0.4, 0.5) is 4.79 Å². The van der Waals surface area contributed by atoms with Gasteiger partial charge in [-0.3, -0.25) is 4.79 Å². The Hall–Kier alpha value is -2.77. The quantitative estimate of drug-likeness (QED) is 0.238. The molecule has 1 aromatic heterocycles. The Labute approximate surface area is 141 Å². The average Bonchev–Trinajstić information content (AvgIpc) is 3.00. The van der Waals surface area contributed by atoms with E-state index in [4.69, 9.17) is 26.2 Å². The van der Waals surface area contributed by atoms with Crippen molar-refractivity contribution < 1.29 is 34.2 Å². The van der Waals surface area contributed by atoms with Crippen molar-refractivity contribution in [2.45, 2.75) is 37.6 Å². The van der Waals surface area contributed by atoms with Gasteiger partial charge in [-0.15, -0.1) is 0 Å². The number of carboxylic acids is 1. The van der Waals surface area contributed by atoms with Gasteiger partial charge in [0.1, 0.15) is 6.04 Å². The summed E-state index contributed by atoms with van der Waals surface area (Å²) in [5.74, 6) is -2.52. The maximum absolute atomic E-state index is 11.9. The van der Waals surface area contributed by atoms with Gasteiger partial charge in [0.15, 0.2) is 11.9 Å². The molecule has 1 aromatic rings. The Morgan fingerprint density at radius 1 is 1.32 bits per heavy atom. The second-order valence-corrected chi connectivity index (χ2v) is 5.18. The van der Waals surface area contributed by atoms with E-state index in [2.05, 4.69) is 15.5 Å². The summed E-state index contributed by atoms with van der Waals surface area (Å²) in [5, 5.41) is 35.0. The third-order valence-corrected chi connectivity index (χ3v) is 3.03. The first-order chi connectivity index (χ1) is 11.6. The van der Waals surface area contributed by atoms with Gasteiger partial charge in [0.05, 0.1) is 25.2 Å². The monoisotopic (exact) mass is 360 g/mol. The Morgan fingerprint density at radius 2 is 1.96 bits per heavy atom. The van der Waals surface area contributed by atoms with Gasteiger partial charge in [-0.2, -0.15) is 4.98 Å². The zero-order chi connectivity index (χ0) is 19.1. The lowest BCUT2D eigenvalue weighted by atomic mass is 10.2. The second-order valence-electron chi connectivity index (χ2n) is 5.18. The number of urea groups is 1. The van der Waals surface area contributed by atoms with Crippen LogP contribution >= 0.6 is 0 Å². The van der Waals surface area contributed by atoms with Crippen LogP contribution in [0.1, 0.15) is 37.1 Å². The van der Waals surface area contributed by atoms with Crippen molar-refractivity contribution in [1.82, 2.24) is 20.8 Å². The number of hydrogen-bond acceptors (Lipinski definition) is 9. The molecule has 1 heterocycles. The molecule has 0 spiro atoms. The van der Waals surface area contributed by atoms with Gasteiger partial charge in [-0.1, -0.05) is 5.16 Å². The van der Waals surface area contributed by atoms with Gasteiger partial charge in [0.2, 0.25) is 11.8 Å². The standard InChI is InChI=1S/C12H20N6O7/c1-4(20)8(11(22)23)16-12(24)15-6(2-7(14)21)10-17-9(18-25-10)5(13)3-19/h4-6,8,19-20H,2-3,13H2,1H3,(H2,14,21)(H,22,23)(H2,15,16,24)/t4?,5-,6-,8+/m1/s1. The molecule has 0 saturated carbocycles. The number of aromatic nitrogens is 2. The lowest BCUT2D eigenvalue weighted by Crippen LogP contribution is -2.52. The highest BCUT2D eigenvalue weighted by molar-refractivity contribution is 5.83. The van der Waals surface area contributed by atoms with Gasteiger partial charge in [0, 0.05) is 0 Å². The largest absolute Gasteiger partial charge is 0.480 e. The fourth-order valence-corrected chi connectivity index (χ4v) is 1.75. The summed E-state index contributed by atoms with van der Waals surface area (Å²) < 4.78 is 4.88. The van der Waals surface area contributed by atoms with Crippen LogP contribution in [-0.2, 0) is 9.59 Å². The van der Waals surface area contributed by atoms with Crippen molar-refractivity contribution in [3.8, 4) is 0 Å². The minimum Gasteiger partial charge on any atom is -0.480 e. The Morgan fingerprint density at radius 3 is 2.44 bits per heavy atom. The van der Waals surface area contributed by atoms with Crippen LogP contribution in [-0.4, -0.2) is 62.1 Å². The average molecular weight is 360 g/mol. The first-order valence-electron chi connectivity index (χ1n) is 7.11. The van der Waals surface area contributed by atoms with E-state index in [0.717, 1.165) is 0 Å². The molecule has 0 saturated heterocycles. The summed E-state index contributed by atoms with van der Waals surface area (Å²) in [5.41, 5.74) is 10.6. The third kappa shape index (κ3) is 5.98. The molecule has 1 rings (SSSR count). The number of nitrogens with one attached hydrogen (secondary N) is 2. The zero-order valence-electron chi connectivity index (χ0n) is 13.2. The Kier molecular flexibility index (Phi) is 7.22. The van der Waals surface area contributed by atoms with Gasteiger partial charge >= 0.3 is 12.0 Å². The highest BCUT2D eigenvalue weighted by Crippen LogP contribution is 2.16. The SMILES string of the molecule is CC(O)[C@H](NC(=O)N[C@H](CC(N)=O)c1nc([C@H](N)CO)no1)C(=O)O. The number of primary amides is 1. The maximum atomic E-state index is 11.9. The molecule has 0 bridgehead atoms. The Bertz CT molecular complexity index is 619. The van der Waals surface area contributed by atoms with E-state index >= 15 is 0 Å². The maximum Gasteiger partial charge on any atom is 0.328 e. The van der Waals surface area contributed by atoms with Crippen LogP contribution in [0.3, 0.4) is 0 Å². The molecule has 9 N–H and O–H groups in total. The van der Waals surface area contributed by atoms with Gasteiger partial charge < -0.3 is 41.9 Å². The number of aliphatic hydroxyl groups is 2. The van der Waals surface area contributed by atoms with Crippen molar-refractivity contribution in [3.63, 3.8) is 0 Å². The molecular formula is C12H20N6O7. The molecule has 0 aliphatic heterocycles. The highest BCUT2D eigenvalue weighted by Gasteiger charge is 2.29. The van der Waals surface area contributed by atoms with E-state index in [1.54, 1.807) is 0 Å². The van der Waals surface area contributed by atoms with Crippen LogP contribution in [0, 0.1) is 0 Å². The van der Waals surface area contributed by atoms with Crippen molar-refractivity contribution >= 4 is 17.9 Å². The van der Waals surface area contributed by atoms with Gasteiger partial charge in [-0.25, -0.2) is 9.59 Å². The third-order valence-electron chi connectivity index (χ3n) is 3.03. The summed E-state index contributed by atoms with van der Waals surface area (Å²) in [6, 6.07) is -4.67. The van der Waals surface area contributed by atoms with Crippen molar-refractivity contribution in [3.05, 3.63) is 11.7 Å². The van der Waals surface area contributed by atoms with E-state index in [1.165, 1.54) is 6.92 Å². The number of nitrogens with two attached hydrogens (primary N) is 2. The molecule has 0 aliphatic carbocycles. The molecule has 0 radical (unpaired) electrons. The first kappa shape index (κ1) is 20.3. The van der Waals surface area contributed by atoms with Gasteiger partial charge in [-0.05, 0) is 6.92 Å². The summed E-state index contributed by atoms with van der Waals surface area (Å²) in [6.45, 7) is 0.725. The fraction of sp³-hybridized carbons (Fsp3) is 0.583. The normalized spacial score (nSPS) is 15.7. The van der Waals surface area contributed by atoms with Crippen LogP contribution < -0.4 is 22.1 Å². The number of hydrogen-bond donors (Lipinski definition) is 7. The molecule has 0 aliphatic rings. The number of aliphatic carboxylic acids is 1. The van der Waals surface area contributed by atoms with Crippen molar-refractivity contribution in [2.24, 2.45) is 11.5 Å². The summed E-state index contributed by atoms with van der Waals surface area (Å²) >= 11 is 0. The molecule has 0 fully saturated rings. The molecule has 13 nitrogen and oxygen atoms in total. The molecule has 3 amide bonds. The minimum absolute atomic E-state index is 0.0541. The lowest BCUT2D eigenvalue weighted by molar-refractivity contribution is -0.141. The fourth-order valence-electron chi connectivity index (χ4n) is 1.75. The first-order valence-corrected chi connectivity index (χ1v) is 7.11. The van der Waals surface area contributed by atoms with Crippen LogP contribution in [0.2, 0.25) is 0 Å². The smallest absolute Gasteiger partial charge is 0.328 e. The topological polar surface area (TPSA) is 227 Å². The molecule has 25 heavy (non-hydrogen) atoms. The minimum atomic E-state index is -1.57. The predicted molar refractivity (Wildman–Crippen MR) is 79.6 cm³/mol. The summed E-state index contributed by atoms with van der Waals surface area (Å²) in [4.78, 5) is 37.9. The number of carbonyl (C=O) groups is 3. The number of aliphatic hydroxyl groups excluding tert-OH is 2. The van der Waals surface area contributed by atoms with Crippen molar-refractivity contribution in [2.75, 3.05) is 6.61 Å². The van der Waals surface area contributed by atoms with E-state index in [1.807, 2.05) is 5.32 Å². The lowest BCUT2D eigenvalue weighted by Gasteiger charge is -2.19. The molecule has 13 heteroatoms. The number of amides is 3. The number of carboxylic acid groups (broad SMARTS) is 1. The molecular weight excluding hydrogens is 340 g/mol. The zero-order valence-corrected chi connectivity index (χ0v) is 13.2. The second kappa shape index (κ2) is 8.91. The van der Waals surface area contributed by atoms with E-state index in [9.17, 15) is 19.5 Å². The summed E-state index contributed by atoms with van der Waals surface area (Å²) in [7, 11) is 0. The van der Waals surface area contributed by atoms with E-state index in [-0.39, 0.29) is 11.7 Å². The Balaban J connectivity index is 2.89. The van der Waals surface area contributed by atoms with Gasteiger partial charge in [0.25, 0.3) is 0 Å².